The van der Waals surface area contributed by atoms with E-state index >= 15 is 0 Å². The van der Waals surface area contributed by atoms with E-state index in [4.69, 9.17) is 19.8 Å². The summed E-state index contributed by atoms with van der Waals surface area (Å²) < 4.78 is 4.61. The standard InChI is InChI=1S/C6H6OS.C2H2O4/c8-7-6-4-2-1-3-5-6;3-1(4)2(5)6/h1-5,8H;(H,3,4)(H,5,6). The van der Waals surface area contributed by atoms with Crippen molar-refractivity contribution in [2.45, 2.75) is 0 Å². The number of benzene rings is 1. The van der Waals surface area contributed by atoms with Crippen molar-refractivity contribution in [3.8, 4) is 5.75 Å². The van der Waals surface area contributed by atoms with Crippen molar-refractivity contribution in [3.05, 3.63) is 30.3 Å². The van der Waals surface area contributed by atoms with Crippen LogP contribution < -0.4 is 4.18 Å². The summed E-state index contributed by atoms with van der Waals surface area (Å²) in [5.41, 5.74) is 0. The van der Waals surface area contributed by atoms with Gasteiger partial charge in [0.25, 0.3) is 0 Å². The second-order valence-electron chi connectivity index (χ2n) is 2.01. The molecule has 0 heterocycles. The first-order valence-electron chi connectivity index (χ1n) is 3.40. The number of rotatable bonds is 1. The quantitative estimate of drug-likeness (QED) is 0.371. The third-order valence-electron chi connectivity index (χ3n) is 1.03. The molecule has 5 nitrogen and oxygen atoms in total. The number of carboxylic acids is 2. The number of aliphatic carboxylic acids is 2. The lowest BCUT2D eigenvalue weighted by molar-refractivity contribution is -0.159. The Morgan fingerprint density at radius 3 is 1.71 bits per heavy atom. The predicted molar refractivity (Wildman–Crippen MR) is 51.3 cm³/mol. The highest BCUT2D eigenvalue weighted by atomic mass is 32.1. The first kappa shape index (κ1) is 12.3. The maximum Gasteiger partial charge on any atom is 0.414 e. The van der Waals surface area contributed by atoms with E-state index in [9.17, 15) is 0 Å². The van der Waals surface area contributed by atoms with Gasteiger partial charge >= 0.3 is 11.9 Å². The van der Waals surface area contributed by atoms with E-state index in [1.54, 1.807) is 0 Å². The Hall–Kier alpha value is -1.69. The van der Waals surface area contributed by atoms with Crippen molar-refractivity contribution in [1.82, 2.24) is 0 Å². The molecule has 0 bridgehead atoms. The third-order valence-corrected chi connectivity index (χ3v) is 1.24. The van der Waals surface area contributed by atoms with Crippen LogP contribution >= 0.6 is 12.9 Å². The zero-order valence-electron chi connectivity index (χ0n) is 6.95. The molecule has 1 aromatic carbocycles. The minimum atomic E-state index is -1.82. The van der Waals surface area contributed by atoms with E-state index in [1.807, 2.05) is 30.3 Å². The molecule has 0 fully saturated rings. The van der Waals surface area contributed by atoms with Gasteiger partial charge in [0.15, 0.2) is 0 Å². The zero-order valence-corrected chi connectivity index (χ0v) is 7.85. The molecule has 0 aliphatic heterocycles. The number of carboxylic acid groups (broad SMARTS) is 2. The van der Waals surface area contributed by atoms with Crippen molar-refractivity contribution in [3.63, 3.8) is 0 Å². The molecule has 0 amide bonds. The Balaban J connectivity index is 0.000000255. The molecule has 0 radical (unpaired) electrons. The van der Waals surface area contributed by atoms with Crippen LogP contribution in [-0.4, -0.2) is 22.2 Å². The summed E-state index contributed by atoms with van der Waals surface area (Å²) in [7, 11) is 0. The van der Waals surface area contributed by atoms with Crippen LogP contribution in [0, 0.1) is 0 Å². The Labute approximate surface area is 85.6 Å². The van der Waals surface area contributed by atoms with Crippen LogP contribution in [-0.2, 0) is 9.59 Å². The maximum absolute atomic E-state index is 9.10. The molecule has 0 spiro atoms. The van der Waals surface area contributed by atoms with Crippen molar-refractivity contribution in [1.29, 1.82) is 0 Å². The molecule has 76 valence electrons. The Morgan fingerprint density at radius 1 is 1.07 bits per heavy atom. The maximum atomic E-state index is 9.10. The molecular weight excluding hydrogens is 208 g/mol. The van der Waals surface area contributed by atoms with Crippen LogP contribution in [0.25, 0.3) is 0 Å². The fourth-order valence-corrected chi connectivity index (χ4v) is 0.603. The molecule has 0 saturated carbocycles. The van der Waals surface area contributed by atoms with Crippen LogP contribution in [0.1, 0.15) is 0 Å². The van der Waals surface area contributed by atoms with Gasteiger partial charge in [-0.05, 0) is 12.1 Å². The van der Waals surface area contributed by atoms with Gasteiger partial charge in [-0.3, -0.25) is 0 Å². The molecular formula is C8H8O5S. The molecule has 0 unspecified atom stereocenters. The van der Waals surface area contributed by atoms with E-state index in [1.165, 1.54) is 0 Å². The van der Waals surface area contributed by atoms with Crippen LogP contribution in [0.3, 0.4) is 0 Å². The fourth-order valence-electron chi connectivity index (χ4n) is 0.481. The van der Waals surface area contributed by atoms with E-state index in [0.717, 1.165) is 5.75 Å². The molecule has 0 aromatic heterocycles. The van der Waals surface area contributed by atoms with Crippen LogP contribution in [0.15, 0.2) is 30.3 Å². The minimum absolute atomic E-state index is 0.774. The highest BCUT2D eigenvalue weighted by Gasteiger charge is 2.04. The largest absolute Gasteiger partial charge is 0.473 e. The first-order valence-corrected chi connectivity index (χ1v) is 3.77. The lowest BCUT2D eigenvalue weighted by atomic mass is 10.3. The van der Waals surface area contributed by atoms with Gasteiger partial charge in [0.1, 0.15) is 5.75 Å². The van der Waals surface area contributed by atoms with Gasteiger partial charge in [0, 0.05) is 12.9 Å². The molecule has 1 aromatic rings. The molecule has 6 heteroatoms. The molecule has 0 aliphatic rings. The third kappa shape index (κ3) is 5.90. The minimum Gasteiger partial charge on any atom is -0.473 e. The van der Waals surface area contributed by atoms with Crippen molar-refractivity contribution >= 4 is 24.8 Å². The van der Waals surface area contributed by atoms with Gasteiger partial charge in [0.2, 0.25) is 0 Å². The van der Waals surface area contributed by atoms with Gasteiger partial charge in [-0.1, -0.05) is 18.2 Å². The van der Waals surface area contributed by atoms with Crippen LogP contribution in [0.4, 0.5) is 0 Å². The van der Waals surface area contributed by atoms with E-state index < -0.39 is 11.9 Å². The molecule has 1 rings (SSSR count). The molecule has 0 atom stereocenters. The van der Waals surface area contributed by atoms with Crippen molar-refractivity contribution in [2.24, 2.45) is 0 Å². The van der Waals surface area contributed by atoms with Gasteiger partial charge in [-0.15, -0.1) is 0 Å². The summed E-state index contributed by atoms with van der Waals surface area (Å²) in [6.45, 7) is 0. The first-order chi connectivity index (χ1) is 6.57. The number of hydrogen-bond acceptors (Lipinski definition) is 4. The van der Waals surface area contributed by atoms with E-state index in [2.05, 4.69) is 17.1 Å². The number of para-hydroxylation sites is 1. The van der Waals surface area contributed by atoms with Gasteiger partial charge in [0.05, 0.1) is 0 Å². The van der Waals surface area contributed by atoms with Crippen molar-refractivity contribution < 1.29 is 24.0 Å². The lowest BCUT2D eigenvalue weighted by Gasteiger charge is -1.91. The Morgan fingerprint density at radius 2 is 1.50 bits per heavy atom. The average molecular weight is 216 g/mol. The van der Waals surface area contributed by atoms with Gasteiger partial charge in [-0.25, -0.2) is 9.59 Å². The normalized spacial score (nSPS) is 8.07. The Bertz CT molecular complexity index is 286. The topological polar surface area (TPSA) is 83.8 Å². The summed E-state index contributed by atoms with van der Waals surface area (Å²) in [5, 5.41) is 14.8. The smallest absolute Gasteiger partial charge is 0.414 e. The average Bonchev–Trinajstić information content (AvgIpc) is 2.20. The summed E-state index contributed by atoms with van der Waals surface area (Å²) in [6.07, 6.45) is 0. The van der Waals surface area contributed by atoms with Crippen LogP contribution in [0.2, 0.25) is 0 Å². The second-order valence-corrected chi connectivity index (χ2v) is 2.20. The van der Waals surface area contributed by atoms with E-state index in [-0.39, 0.29) is 0 Å². The highest BCUT2D eigenvalue weighted by Crippen LogP contribution is 2.08. The number of carbonyl (C=O) groups is 2. The SMILES string of the molecule is O=C(O)C(=O)O.SOc1ccccc1. The molecule has 2 N–H and O–H groups in total. The second kappa shape index (κ2) is 6.79. The fraction of sp³-hybridized carbons (Fsp3) is 0. The van der Waals surface area contributed by atoms with Crippen LogP contribution in [0.5, 0.6) is 5.75 Å². The lowest BCUT2D eigenvalue weighted by Crippen LogP contribution is -2.09. The summed E-state index contributed by atoms with van der Waals surface area (Å²) in [4.78, 5) is 18.2. The summed E-state index contributed by atoms with van der Waals surface area (Å²) in [6, 6.07) is 9.40. The summed E-state index contributed by atoms with van der Waals surface area (Å²) in [5.74, 6) is -2.87. The number of hydrogen-bond donors (Lipinski definition) is 3. The molecule has 14 heavy (non-hydrogen) atoms. The summed E-state index contributed by atoms with van der Waals surface area (Å²) >= 11 is 3.61. The highest BCUT2D eigenvalue weighted by molar-refractivity contribution is 7.75. The number of thiol groups is 1. The Kier molecular flexibility index (Phi) is 5.97. The molecule has 0 aliphatic carbocycles. The van der Waals surface area contributed by atoms with Gasteiger partial charge in [-0.2, -0.15) is 0 Å². The monoisotopic (exact) mass is 216 g/mol. The zero-order chi connectivity index (χ0) is 11.0. The van der Waals surface area contributed by atoms with Gasteiger partial charge < -0.3 is 14.4 Å². The predicted octanol–water partition coefficient (Wildman–Crippen LogP) is 1.07. The molecule has 0 saturated heterocycles. The van der Waals surface area contributed by atoms with Crippen molar-refractivity contribution in [2.75, 3.05) is 0 Å². The van der Waals surface area contributed by atoms with E-state index in [0.29, 0.717) is 0 Å².